The lowest BCUT2D eigenvalue weighted by molar-refractivity contribution is 0.244. The van der Waals surface area contributed by atoms with E-state index in [0.29, 0.717) is 50.6 Å². The van der Waals surface area contributed by atoms with Crippen molar-refractivity contribution in [3.63, 3.8) is 0 Å². The fourth-order valence-corrected chi connectivity index (χ4v) is 8.81. The molecule has 0 amide bonds. The molecule has 21 heteroatoms. The van der Waals surface area contributed by atoms with Crippen LogP contribution in [0, 0.1) is 0 Å². The Hall–Kier alpha value is -7.84. The van der Waals surface area contributed by atoms with Gasteiger partial charge in [-0.15, -0.1) is 0 Å². The van der Waals surface area contributed by atoms with Crippen molar-refractivity contribution < 1.29 is 24.1 Å². The van der Waals surface area contributed by atoms with Crippen molar-refractivity contribution in [1.82, 2.24) is 47.0 Å². The molecule has 63 heavy (non-hydrogen) atoms. The number of hydrogen-bond donors (Lipinski definition) is 1. The van der Waals surface area contributed by atoms with Crippen LogP contribution in [-0.4, -0.2) is 80.5 Å². The molecule has 4 aromatic heterocycles. The molecular formula is C42H42N10O11. The lowest BCUT2D eigenvalue weighted by Gasteiger charge is -2.37. The molecule has 0 spiro atoms. The minimum Gasteiger partial charge on any atom is -0.508 e. The van der Waals surface area contributed by atoms with E-state index in [9.17, 15) is 33.9 Å². The molecule has 0 saturated carbocycles. The van der Waals surface area contributed by atoms with Gasteiger partial charge < -0.3 is 33.2 Å². The second-order valence-corrected chi connectivity index (χ2v) is 15.2. The van der Waals surface area contributed by atoms with Crippen molar-refractivity contribution in [1.29, 1.82) is 0 Å². The zero-order valence-corrected chi connectivity index (χ0v) is 35.1. The summed E-state index contributed by atoms with van der Waals surface area (Å²) in [6, 6.07) is 10.9. The molecule has 7 aromatic rings. The van der Waals surface area contributed by atoms with Gasteiger partial charge >= 0.3 is 22.8 Å². The first-order valence-electron chi connectivity index (χ1n) is 19.9. The average Bonchev–Trinajstić information content (AvgIpc) is 3.68. The van der Waals surface area contributed by atoms with Crippen LogP contribution in [0.1, 0.15) is 29.0 Å². The van der Waals surface area contributed by atoms with Crippen LogP contribution in [0.4, 0.5) is 0 Å². The Labute approximate surface area is 354 Å². The van der Waals surface area contributed by atoms with Crippen LogP contribution in [0.2, 0.25) is 0 Å². The summed E-state index contributed by atoms with van der Waals surface area (Å²) in [5.74, 6) is 1.47. The monoisotopic (exact) mass is 862 g/mol. The Bertz CT molecular complexity index is 3450. The van der Waals surface area contributed by atoms with Gasteiger partial charge in [0.1, 0.15) is 23.2 Å². The van der Waals surface area contributed by atoms with Crippen LogP contribution < -0.4 is 52.8 Å². The number of para-hydroxylation sites is 1. The molecule has 0 radical (unpaired) electrons. The summed E-state index contributed by atoms with van der Waals surface area (Å²) in [6.07, 6.45) is 1.56. The highest BCUT2D eigenvalue weighted by Gasteiger charge is 2.42. The molecule has 6 heterocycles. The third kappa shape index (κ3) is 6.20. The number of aryl methyl sites for hydroxylation is 4. The third-order valence-corrected chi connectivity index (χ3v) is 12.0. The van der Waals surface area contributed by atoms with Gasteiger partial charge in [-0.25, -0.2) is 57.0 Å². The van der Waals surface area contributed by atoms with E-state index in [1.807, 2.05) is 0 Å². The molecule has 2 aliphatic heterocycles. The molecule has 0 aliphatic carbocycles. The van der Waals surface area contributed by atoms with E-state index in [4.69, 9.17) is 18.9 Å². The SMILES string of the molecule is COc1cc2nc(CCn3c(=O)n4n(c3=O)[C@@H]3Cn5c(=O)n(CCc6nc7cc(OC)c(OC)cc7n(C)c6=O)c(=O)n5[C@@H](c5ccccc5O)C3=CC4)c(=O)n(C)c2cc1OC. The minimum absolute atomic E-state index is 0.0676. The quantitative estimate of drug-likeness (QED) is 0.175. The van der Waals surface area contributed by atoms with Crippen molar-refractivity contribution >= 4 is 22.1 Å². The van der Waals surface area contributed by atoms with Crippen LogP contribution in [0.3, 0.4) is 0 Å². The molecule has 2 aliphatic rings. The number of phenols is 1. The van der Waals surface area contributed by atoms with Gasteiger partial charge in [0.15, 0.2) is 23.0 Å². The number of phenolic OH excluding ortho intramolecular Hbond substituents is 1. The van der Waals surface area contributed by atoms with E-state index in [1.165, 1.54) is 62.4 Å². The maximum absolute atomic E-state index is 14.4. The van der Waals surface area contributed by atoms with Gasteiger partial charge in [-0.05, 0) is 11.6 Å². The fraction of sp³-hybridized carbons (Fsp3) is 0.333. The van der Waals surface area contributed by atoms with E-state index in [-0.39, 0.29) is 61.7 Å². The van der Waals surface area contributed by atoms with E-state index < -0.39 is 46.0 Å². The van der Waals surface area contributed by atoms with Crippen molar-refractivity contribution in [2.75, 3.05) is 28.4 Å². The number of aromatic hydroxyl groups is 1. The number of fused-ring (bicyclic) bond motifs is 6. The number of rotatable bonds is 11. The molecule has 0 unspecified atom stereocenters. The van der Waals surface area contributed by atoms with Crippen LogP contribution in [-0.2, 0) is 53.1 Å². The third-order valence-electron chi connectivity index (χ3n) is 12.0. The van der Waals surface area contributed by atoms with Crippen LogP contribution in [0.25, 0.3) is 22.1 Å². The number of methoxy groups -OCH3 is 4. The summed E-state index contributed by atoms with van der Waals surface area (Å²) >= 11 is 0. The van der Waals surface area contributed by atoms with E-state index in [1.54, 1.807) is 62.6 Å². The minimum atomic E-state index is -1.07. The van der Waals surface area contributed by atoms with Crippen LogP contribution >= 0.6 is 0 Å². The predicted octanol–water partition coefficient (Wildman–Crippen LogP) is 0.440. The van der Waals surface area contributed by atoms with Gasteiger partial charge in [-0.1, -0.05) is 24.3 Å². The van der Waals surface area contributed by atoms with Crippen molar-refractivity contribution in [2.45, 2.75) is 51.1 Å². The summed E-state index contributed by atoms with van der Waals surface area (Å²) in [5, 5.41) is 11.2. The summed E-state index contributed by atoms with van der Waals surface area (Å²) in [5.41, 5.74) is -0.813. The summed E-state index contributed by atoms with van der Waals surface area (Å²) in [4.78, 5) is 93.3. The van der Waals surface area contributed by atoms with E-state index in [0.717, 1.165) is 9.13 Å². The summed E-state index contributed by atoms with van der Waals surface area (Å²) in [6.45, 7) is -0.717. The maximum Gasteiger partial charge on any atom is 0.348 e. The van der Waals surface area contributed by atoms with Gasteiger partial charge in [-0.2, -0.15) is 0 Å². The smallest absolute Gasteiger partial charge is 0.348 e. The molecule has 3 aromatic carbocycles. The Morgan fingerprint density at radius 2 is 1.11 bits per heavy atom. The largest absolute Gasteiger partial charge is 0.508 e. The molecule has 21 nitrogen and oxygen atoms in total. The predicted molar refractivity (Wildman–Crippen MR) is 227 cm³/mol. The lowest BCUT2D eigenvalue weighted by atomic mass is 9.90. The van der Waals surface area contributed by atoms with Crippen molar-refractivity contribution in [3.05, 3.63) is 140 Å². The normalized spacial score (nSPS) is 15.5. The number of benzene rings is 3. The van der Waals surface area contributed by atoms with Crippen LogP contribution in [0.15, 0.2) is 88.9 Å². The fourth-order valence-electron chi connectivity index (χ4n) is 8.81. The molecule has 2 atom stereocenters. The molecule has 0 fully saturated rings. The summed E-state index contributed by atoms with van der Waals surface area (Å²) in [7, 11) is 9.09. The maximum atomic E-state index is 14.4. The lowest BCUT2D eigenvalue weighted by Crippen LogP contribution is -2.47. The standard InChI is InChI=1S/C42H42N10O11/c1-45-28-19-34(62-5)32(60-3)17-26(28)43-24(37(45)54)12-14-47-39(56)49-16-11-22-30(51(49)41(47)58)21-50-40(57)48(42(59)52(50)36(22)23-9-7-8-10-31(23)53)15-13-25-38(55)46(2)29-20-35(63-6)33(61-4)18-27(29)44-25/h7-11,17-20,30,36,53H,12-16,21H2,1-6H3/t30-,36-/m1/s1. The number of ether oxygens (including phenoxy) is 4. The van der Waals surface area contributed by atoms with Gasteiger partial charge in [-0.3, -0.25) is 9.59 Å². The second kappa shape index (κ2) is 15.3. The highest BCUT2D eigenvalue weighted by molar-refractivity contribution is 5.80. The Kier molecular flexibility index (Phi) is 9.82. The molecular weight excluding hydrogens is 821 g/mol. The zero-order valence-electron chi connectivity index (χ0n) is 35.1. The zero-order chi connectivity index (χ0) is 44.6. The molecule has 0 saturated heterocycles. The number of aromatic nitrogens is 10. The highest BCUT2D eigenvalue weighted by Crippen LogP contribution is 2.41. The molecule has 326 valence electrons. The highest BCUT2D eigenvalue weighted by atomic mass is 16.5. The van der Waals surface area contributed by atoms with Crippen molar-refractivity contribution in [3.8, 4) is 28.7 Å². The van der Waals surface area contributed by atoms with E-state index >= 15 is 0 Å². The first kappa shape index (κ1) is 40.6. The Morgan fingerprint density at radius 1 is 0.635 bits per heavy atom. The summed E-state index contributed by atoms with van der Waals surface area (Å²) < 4.78 is 31.4. The topological polar surface area (TPSA) is 225 Å². The number of nitrogens with zero attached hydrogens (tertiary/aromatic N) is 10. The second-order valence-electron chi connectivity index (χ2n) is 15.2. The first-order chi connectivity index (χ1) is 30.3. The van der Waals surface area contributed by atoms with Gasteiger partial charge in [0.25, 0.3) is 11.1 Å². The Morgan fingerprint density at radius 3 is 1.62 bits per heavy atom. The number of hydrogen-bond acceptors (Lipinski definition) is 13. The molecule has 9 rings (SSSR count). The van der Waals surface area contributed by atoms with Crippen LogP contribution in [0.5, 0.6) is 28.7 Å². The van der Waals surface area contributed by atoms with Gasteiger partial charge in [0, 0.05) is 69.9 Å². The average molecular weight is 863 g/mol. The number of allylic oxidation sites excluding steroid dienone is 2. The molecule has 1 N–H and O–H groups in total. The van der Waals surface area contributed by atoms with E-state index in [2.05, 4.69) is 9.97 Å². The Balaban J connectivity index is 1.09. The van der Waals surface area contributed by atoms with Crippen molar-refractivity contribution in [2.24, 2.45) is 14.1 Å². The van der Waals surface area contributed by atoms with Gasteiger partial charge in [0.2, 0.25) is 0 Å². The van der Waals surface area contributed by atoms with Gasteiger partial charge in [0.05, 0.1) is 69.6 Å². The first-order valence-corrected chi connectivity index (χ1v) is 19.9. The molecule has 0 bridgehead atoms.